The Morgan fingerprint density at radius 1 is 1.00 bits per heavy atom. The van der Waals surface area contributed by atoms with Gasteiger partial charge in [0, 0.05) is 22.0 Å². The number of hydrogen-bond donors (Lipinski definition) is 1. The first-order valence-electron chi connectivity index (χ1n) is 7.95. The van der Waals surface area contributed by atoms with Crippen molar-refractivity contribution in [3.05, 3.63) is 62.0 Å². The van der Waals surface area contributed by atoms with Gasteiger partial charge in [0.15, 0.2) is 0 Å². The van der Waals surface area contributed by atoms with Crippen LogP contribution in [0.25, 0.3) is 0 Å². The molecule has 1 N–H and O–H groups in total. The first-order valence-corrected chi connectivity index (χ1v) is 9.53. The van der Waals surface area contributed by atoms with E-state index in [4.69, 9.17) is 9.47 Å². The third kappa shape index (κ3) is 6.45. The molecule has 0 saturated heterocycles. The van der Waals surface area contributed by atoms with Gasteiger partial charge < -0.3 is 14.8 Å². The van der Waals surface area contributed by atoms with Crippen molar-refractivity contribution in [1.29, 1.82) is 0 Å². The highest BCUT2D eigenvalue weighted by atomic mass is 79.9. The quantitative estimate of drug-likeness (QED) is 0.577. The molecule has 136 valence electrons. The van der Waals surface area contributed by atoms with Crippen LogP contribution >= 0.6 is 31.9 Å². The predicted molar refractivity (Wildman–Crippen MR) is 108 cm³/mol. The van der Waals surface area contributed by atoms with Gasteiger partial charge in [-0.3, -0.25) is 0 Å². The summed E-state index contributed by atoms with van der Waals surface area (Å²) in [5, 5.41) is 3.38. The molecule has 0 amide bonds. The van der Waals surface area contributed by atoms with Crippen molar-refractivity contribution >= 4 is 37.8 Å². The van der Waals surface area contributed by atoms with Crippen molar-refractivity contribution in [1.82, 2.24) is 5.32 Å². The van der Waals surface area contributed by atoms with Crippen molar-refractivity contribution in [2.75, 3.05) is 14.2 Å². The lowest BCUT2D eigenvalue weighted by Gasteiger charge is -2.11. The monoisotopic (exact) mass is 471 g/mol. The Labute approximate surface area is 166 Å². The van der Waals surface area contributed by atoms with E-state index in [1.807, 2.05) is 38.1 Å². The van der Waals surface area contributed by atoms with Crippen LogP contribution < -0.4 is 10.1 Å². The van der Waals surface area contributed by atoms with E-state index in [-0.39, 0.29) is 5.97 Å². The van der Waals surface area contributed by atoms with Crippen LogP contribution in [-0.2, 0) is 17.8 Å². The summed E-state index contributed by atoms with van der Waals surface area (Å²) >= 11 is 7.01. The first-order chi connectivity index (χ1) is 12.0. The van der Waals surface area contributed by atoms with E-state index in [9.17, 15) is 4.79 Å². The predicted octanol–water partition coefficient (Wildman–Crippen LogP) is 5.32. The summed E-state index contributed by atoms with van der Waals surface area (Å²) < 4.78 is 11.6. The molecule has 2 aromatic carbocycles. The Morgan fingerprint density at radius 3 is 2.04 bits per heavy atom. The number of halogens is 2. The van der Waals surface area contributed by atoms with Gasteiger partial charge in [-0.2, -0.15) is 0 Å². The fourth-order valence-electron chi connectivity index (χ4n) is 2.08. The van der Waals surface area contributed by atoms with Crippen LogP contribution in [-0.4, -0.2) is 20.2 Å². The molecule has 0 bridgehead atoms. The van der Waals surface area contributed by atoms with Crippen LogP contribution in [0.5, 0.6) is 5.75 Å². The molecular formula is C19H23Br2NO3. The maximum atomic E-state index is 11.6. The Hall–Kier alpha value is -1.37. The molecular weight excluding hydrogens is 450 g/mol. The second kappa shape index (κ2) is 11.3. The summed E-state index contributed by atoms with van der Waals surface area (Å²) in [4.78, 5) is 11.6. The fraction of sp³-hybridized carbons (Fsp3) is 0.316. The average molecular weight is 473 g/mol. The smallest absolute Gasteiger partial charge is 0.337 e. The zero-order chi connectivity index (χ0) is 18.8. The molecule has 0 aliphatic rings. The minimum atomic E-state index is -0.357. The summed E-state index contributed by atoms with van der Waals surface area (Å²) in [6, 6.07) is 11.5. The number of carbonyl (C=O) groups excluding carboxylic acids is 1. The summed E-state index contributed by atoms with van der Waals surface area (Å²) in [5.74, 6) is 0.488. The van der Waals surface area contributed by atoms with Crippen LogP contribution in [0.2, 0.25) is 0 Å². The molecule has 0 spiro atoms. The second-order valence-electron chi connectivity index (χ2n) is 4.86. The van der Waals surface area contributed by atoms with Crippen molar-refractivity contribution in [2.24, 2.45) is 0 Å². The van der Waals surface area contributed by atoms with Gasteiger partial charge in [-0.1, -0.05) is 57.8 Å². The molecule has 2 rings (SSSR count). The van der Waals surface area contributed by atoms with Gasteiger partial charge in [-0.05, 0) is 35.4 Å². The Bertz CT molecular complexity index is 665. The first kappa shape index (κ1) is 21.7. The van der Waals surface area contributed by atoms with Crippen molar-refractivity contribution in [3.8, 4) is 5.75 Å². The number of ether oxygens (including phenoxy) is 2. The lowest BCUT2D eigenvalue weighted by molar-refractivity contribution is 0.0600. The Balaban J connectivity index is 0.00000151. The van der Waals surface area contributed by atoms with E-state index in [0.717, 1.165) is 26.8 Å². The number of esters is 1. The van der Waals surface area contributed by atoms with Crippen LogP contribution in [0.15, 0.2) is 45.3 Å². The van der Waals surface area contributed by atoms with Crippen molar-refractivity contribution in [3.63, 3.8) is 0 Å². The van der Waals surface area contributed by atoms with Crippen molar-refractivity contribution < 1.29 is 14.3 Å². The van der Waals surface area contributed by atoms with Crippen LogP contribution in [0.4, 0.5) is 0 Å². The summed E-state index contributed by atoms with van der Waals surface area (Å²) in [5.41, 5.74) is 2.72. The maximum Gasteiger partial charge on any atom is 0.337 e. The molecule has 2 aromatic rings. The molecule has 0 radical (unpaired) electrons. The van der Waals surface area contributed by atoms with E-state index >= 15 is 0 Å². The third-order valence-corrected chi connectivity index (χ3v) is 4.77. The maximum absolute atomic E-state index is 11.6. The topological polar surface area (TPSA) is 47.6 Å². The normalized spacial score (nSPS) is 9.84. The second-order valence-corrected chi connectivity index (χ2v) is 6.57. The van der Waals surface area contributed by atoms with Gasteiger partial charge in [-0.15, -0.1) is 0 Å². The molecule has 6 heteroatoms. The average Bonchev–Trinajstić information content (AvgIpc) is 2.65. The lowest BCUT2D eigenvalue weighted by atomic mass is 10.1. The number of hydrogen-bond acceptors (Lipinski definition) is 4. The van der Waals surface area contributed by atoms with E-state index < -0.39 is 0 Å². The molecule has 4 nitrogen and oxygen atoms in total. The van der Waals surface area contributed by atoms with Crippen molar-refractivity contribution in [2.45, 2.75) is 26.9 Å². The molecule has 0 fully saturated rings. The summed E-state index contributed by atoms with van der Waals surface area (Å²) in [6.45, 7) is 5.40. The number of benzene rings is 2. The van der Waals surface area contributed by atoms with Gasteiger partial charge in [0.2, 0.25) is 0 Å². The zero-order valence-corrected chi connectivity index (χ0v) is 18.0. The molecule has 0 atom stereocenters. The summed E-state index contributed by atoms with van der Waals surface area (Å²) in [6.07, 6.45) is 0. The van der Waals surface area contributed by atoms with Crippen LogP contribution in [0.1, 0.15) is 35.3 Å². The van der Waals surface area contributed by atoms with E-state index in [2.05, 4.69) is 37.2 Å². The molecule has 0 aliphatic heterocycles. The number of rotatable bonds is 6. The summed E-state index contributed by atoms with van der Waals surface area (Å²) in [7, 11) is 3.02. The number of nitrogens with one attached hydrogen (secondary N) is 1. The molecule has 0 aromatic heterocycles. The van der Waals surface area contributed by atoms with Gasteiger partial charge in [0.25, 0.3) is 0 Å². The lowest BCUT2D eigenvalue weighted by Crippen LogP contribution is -2.14. The van der Waals surface area contributed by atoms with Gasteiger partial charge >= 0.3 is 5.97 Å². The molecule has 0 aliphatic carbocycles. The highest BCUT2D eigenvalue weighted by Crippen LogP contribution is 2.28. The Kier molecular flexibility index (Phi) is 9.78. The van der Waals surface area contributed by atoms with Crippen LogP contribution in [0, 0.1) is 0 Å². The molecule has 0 heterocycles. The van der Waals surface area contributed by atoms with Crippen LogP contribution in [0.3, 0.4) is 0 Å². The minimum Gasteiger partial charge on any atom is -0.497 e. The molecule has 0 unspecified atom stereocenters. The van der Waals surface area contributed by atoms with E-state index in [0.29, 0.717) is 12.1 Å². The number of methoxy groups -OCH3 is 2. The molecule has 0 saturated carbocycles. The SMILES string of the molecule is CC.COC(=O)c1cc(Br)c(CNCc2ccc(OC)cc2)c(Br)c1. The van der Waals surface area contributed by atoms with Gasteiger partial charge in [0.05, 0.1) is 19.8 Å². The third-order valence-electron chi connectivity index (χ3n) is 3.35. The fourth-order valence-corrected chi connectivity index (χ4v) is 3.55. The van der Waals surface area contributed by atoms with Gasteiger partial charge in [0.1, 0.15) is 5.75 Å². The minimum absolute atomic E-state index is 0.357. The highest BCUT2D eigenvalue weighted by molar-refractivity contribution is 9.11. The van der Waals surface area contributed by atoms with Gasteiger partial charge in [-0.25, -0.2) is 4.79 Å². The molecule has 25 heavy (non-hydrogen) atoms. The zero-order valence-electron chi connectivity index (χ0n) is 14.9. The number of carbonyl (C=O) groups is 1. The standard InChI is InChI=1S/C17H17Br2NO3.C2H6/c1-22-13-5-3-11(4-6-13)9-20-10-14-15(18)7-12(8-16(14)19)17(21)23-2;1-2/h3-8,20H,9-10H2,1-2H3;1-2H3. The largest absolute Gasteiger partial charge is 0.497 e. The Morgan fingerprint density at radius 2 is 1.56 bits per heavy atom. The van der Waals surface area contributed by atoms with E-state index in [1.165, 1.54) is 12.7 Å². The highest BCUT2D eigenvalue weighted by Gasteiger charge is 2.12. The van der Waals surface area contributed by atoms with E-state index in [1.54, 1.807) is 19.2 Å².